The Balaban J connectivity index is 2.68. The molecule has 1 atom stereocenters. The van der Waals surface area contributed by atoms with Gasteiger partial charge < -0.3 is 4.74 Å². The maximum atomic E-state index is 5.92. The maximum Gasteiger partial charge on any atom is 0.0914 e. The summed E-state index contributed by atoms with van der Waals surface area (Å²) >= 11 is 8.26. The van der Waals surface area contributed by atoms with Gasteiger partial charge in [0.15, 0.2) is 0 Å². The van der Waals surface area contributed by atoms with E-state index < -0.39 is 0 Å². The van der Waals surface area contributed by atoms with Gasteiger partial charge in [0.05, 0.1) is 6.10 Å². The first-order valence-corrected chi connectivity index (χ1v) is 6.61. The van der Waals surface area contributed by atoms with Gasteiger partial charge in [0.25, 0.3) is 0 Å². The average Bonchev–Trinajstić information content (AvgIpc) is 2.19. The Kier molecular flexibility index (Phi) is 5.82. The predicted molar refractivity (Wildman–Crippen MR) is 69.3 cm³/mol. The highest BCUT2D eigenvalue weighted by Gasteiger charge is 2.09. The lowest BCUT2D eigenvalue weighted by molar-refractivity contribution is 0.0715. The molecule has 0 aliphatic carbocycles. The second-order valence-electron chi connectivity index (χ2n) is 3.07. The van der Waals surface area contributed by atoms with Crippen molar-refractivity contribution in [1.29, 1.82) is 0 Å². The molecule has 0 aliphatic rings. The van der Waals surface area contributed by atoms with Crippen molar-refractivity contribution in [3.63, 3.8) is 0 Å². The highest BCUT2D eigenvalue weighted by Crippen LogP contribution is 2.22. The molecular weight excluding hydrogens is 310 g/mol. The lowest BCUT2D eigenvalue weighted by atomic mass is 10.1. The van der Waals surface area contributed by atoms with Crippen LogP contribution in [0.1, 0.15) is 25.0 Å². The molecule has 0 radical (unpaired) electrons. The molecule has 78 valence electrons. The van der Waals surface area contributed by atoms with E-state index in [1.54, 1.807) is 0 Å². The number of ether oxygens (including phenoxy) is 1. The zero-order valence-electron chi connectivity index (χ0n) is 8.17. The highest BCUT2D eigenvalue weighted by molar-refractivity contribution is 14.1. The standard InChI is InChI=1S/C11H14ClIO/c1-2-6-14-11(8-13)9-4-3-5-10(12)7-9/h3-5,7,11H,2,6,8H2,1H3. The van der Waals surface area contributed by atoms with E-state index in [1.165, 1.54) is 5.56 Å². The Bertz CT molecular complexity index is 278. The predicted octanol–water partition coefficient (Wildman–Crippen LogP) is 4.24. The minimum atomic E-state index is 0.175. The summed E-state index contributed by atoms with van der Waals surface area (Å²) in [7, 11) is 0. The quantitative estimate of drug-likeness (QED) is 0.581. The van der Waals surface area contributed by atoms with Crippen molar-refractivity contribution < 1.29 is 4.74 Å². The van der Waals surface area contributed by atoms with Crippen LogP contribution in [0.2, 0.25) is 5.02 Å². The zero-order valence-corrected chi connectivity index (χ0v) is 11.1. The van der Waals surface area contributed by atoms with Gasteiger partial charge in [-0.3, -0.25) is 0 Å². The van der Waals surface area contributed by atoms with Crippen molar-refractivity contribution in [2.45, 2.75) is 19.4 Å². The number of hydrogen-bond acceptors (Lipinski definition) is 1. The van der Waals surface area contributed by atoms with Gasteiger partial charge >= 0.3 is 0 Å². The van der Waals surface area contributed by atoms with E-state index in [9.17, 15) is 0 Å². The molecule has 0 saturated carbocycles. The SMILES string of the molecule is CCCOC(CI)c1cccc(Cl)c1. The minimum absolute atomic E-state index is 0.175. The Hall–Kier alpha value is 0.200. The van der Waals surface area contributed by atoms with Crippen LogP contribution in [0.25, 0.3) is 0 Å². The fraction of sp³-hybridized carbons (Fsp3) is 0.455. The van der Waals surface area contributed by atoms with Gasteiger partial charge in [-0.1, -0.05) is 53.2 Å². The van der Waals surface area contributed by atoms with Crippen molar-refractivity contribution in [2.75, 3.05) is 11.0 Å². The Morgan fingerprint density at radius 2 is 2.29 bits per heavy atom. The summed E-state index contributed by atoms with van der Waals surface area (Å²) in [5, 5.41) is 0.775. The molecule has 0 amide bonds. The van der Waals surface area contributed by atoms with E-state index in [1.807, 2.05) is 18.2 Å². The first-order chi connectivity index (χ1) is 6.77. The van der Waals surface area contributed by atoms with E-state index in [-0.39, 0.29) is 6.10 Å². The van der Waals surface area contributed by atoms with Crippen molar-refractivity contribution in [3.05, 3.63) is 34.9 Å². The van der Waals surface area contributed by atoms with Crippen LogP contribution in [0.4, 0.5) is 0 Å². The third kappa shape index (κ3) is 3.75. The number of halogens is 2. The number of rotatable bonds is 5. The highest BCUT2D eigenvalue weighted by atomic mass is 127. The van der Waals surface area contributed by atoms with Gasteiger partial charge in [0.2, 0.25) is 0 Å². The fourth-order valence-corrected chi connectivity index (χ4v) is 2.16. The number of hydrogen-bond donors (Lipinski definition) is 0. The van der Waals surface area contributed by atoms with E-state index in [0.29, 0.717) is 0 Å². The van der Waals surface area contributed by atoms with E-state index in [0.717, 1.165) is 22.5 Å². The zero-order chi connectivity index (χ0) is 10.4. The van der Waals surface area contributed by atoms with Gasteiger partial charge in [0.1, 0.15) is 0 Å². The summed E-state index contributed by atoms with van der Waals surface area (Å²) in [4.78, 5) is 0. The molecule has 1 nitrogen and oxygen atoms in total. The molecule has 1 aromatic rings. The van der Waals surface area contributed by atoms with Crippen LogP contribution in [0.5, 0.6) is 0 Å². The van der Waals surface area contributed by atoms with Crippen LogP contribution >= 0.6 is 34.2 Å². The lowest BCUT2D eigenvalue weighted by Gasteiger charge is -2.15. The fourth-order valence-electron chi connectivity index (χ4n) is 1.20. The van der Waals surface area contributed by atoms with Crippen molar-refractivity contribution >= 4 is 34.2 Å². The maximum absolute atomic E-state index is 5.92. The van der Waals surface area contributed by atoms with Gasteiger partial charge in [-0.15, -0.1) is 0 Å². The summed E-state index contributed by atoms with van der Waals surface area (Å²) in [6, 6.07) is 7.88. The summed E-state index contributed by atoms with van der Waals surface area (Å²) in [5.41, 5.74) is 1.17. The third-order valence-corrected chi connectivity index (χ3v) is 2.92. The van der Waals surface area contributed by atoms with Crippen molar-refractivity contribution in [2.24, 2.45) is 0 Å². The summed E-state index contributed by atoms with van der Waals surface area (Å²) < 4.78 is 6.67. The smallest absolute Gasteiger partial charge is 0.0914 e. The Morgan fingerprint density at radius 1 is 1.50 bits per heavy atom. The Labute approximate surface area is 104 Å². The lowest BCUT2D eigenvalue weighted by Crippen LogP contribution is -2.06. The van der Waals surface area contributed by atoms with Gasteiger partial charge in [-0.25, -0.2) is 0 Å². The largest absolute Gasteiger partial charge is 0.373 e. The number of benzene rings is 1. The van der Waals surface area contributed by atoms with Crippen LogP contribution in [0, 0.1) is 0 Å². The normalized spacial score (nSPS) is 12.8. The molecule has 3 heteroatoms. The van der Waals surface area contributed by atoms with Gasteiger partial charge in [-0.05, 0) is 24.1 Å². The van der Waals surface area contributed by atoms with Crippen LogP contribution < -0.4 is 0 Å². The molecular formula is C11H14ClIO. The first-order valence-electron chi connectivity index (χ1n) is 4.71. The first kappa shape index (κ1) is 12.3. The van der Waals surface area contributed by atoms with Gasteiger partial charge in [-0.2, -0.15) is 0 Å². The van der Waals surface area contributed by atoms with E-state index >= 15 is 0 Å². The van der Waals surface area contributed by atoms with Crippen LogP contribution in [0.15, 0.2) is 24.3 Å². The minimum Gasteiger partial charge on any atom is -0.373 e. The number of alkyl halides is 1. The van der Waals surface area contributed by atoms with E-state index in [4.69, 9.17) is 16.3 Å². The van der Waals surface area contributed by atoms with Crippen molar-refractivity contribution in [1.82, 2.24) is 0 Å². The molecule has 1 unspecified atom stereocenters. The molecule has 0 N–H and O–H groups in total. The van der Waals surface area contributed by atoms with Crippen LogP contribution in [0.3, 0.4) is 0 Å². The second kappa shape index (κ2) is 6.64. The van der Waals surface area contributed by atoms with Crippen LogP contribution in [-0.2, 0) is 4.74 Å². The Morgan fingerprint density at radius 3 is 2.86 bits per heavy atom. The monoisotopic (exact) mass is 324 g/mol. The molecule has 0 aromatic heterocycles. The average molecular weight is 325 g/mol. The molecule has 0 bridgehead atoms. The van der Waals surface area contributed by atoms with Crippen LogP contribution in [-0.4, -0.2) is 11.0 Å². The summed E-state index contributed by atoms with van der Waals surface area (Å²) in [6.45, 7) is 2.92. The topological polar surface area (TPSA) is 9.23 Å². The summed E-state index contributed by atoms with van der Waals surface area (Å²) in [5.74, 6) is 0. The molecule has 0 aliphatic heterocycles. The molecule has 0 fully saturated rings. The third-order valence-electron chi connectivity index (χ3n) is 1.88. The molecule has 0 saturated heterocycles. The second-order valence-corrected chi connectivity index (χ2v) is 4.39. The molecule has 14 heavy (non-hydrogen) atoms. The van der Waals surface area contributed by atoms with Gasteiger partial charge in [0, 0.05) is 16.1 Å². The molecule has 1 rings (SSSR count). The molecule has 0 heterocycles. The summed E-state index contributed by atoms with van der Waals surface area (Å²) in [6.07, 6.45) is 1.22. The molecule has 1 aromatic carbocycles. The molecule has 0 spiro atoms. The van der Waals surface area contributed by atoms with Crippen molar-refractivity contribution in [3.8, 4) is 0 Å². The van der Waals surface area contributed by atoms with E-state index in [2.05, 4.69) is 35.6 Å².